The van der Waals surface area contributed by atoms with Crippen molar-refractivity contribution in [3.8, 4) is 29.2 Å². The van der Waals surface area contributed by atoms with Crippen LogP contribution in [0.1, 0.15) is 10.4 Å². The average Bonchev–Trinajstić information content (AvgIpc) is 2.89. The zero-order chi connectivity index (χ0) is 17.3. The Kier molecular flexibility index (Phi) is 4.65. The monoisotopic (exact) mass is 356 g/mol. The van der Waals surface area contributed by atoms with Gasteiger partial charge in [0.1, 0.15) is 10.6 Å². The van der Waals surface area contributed by atoms with E-state index in [-0.39, 0.29) is 5.56 Å². The number of nitrogens with one attached hydrogen (secondary N) is 1. The maximum Gasteiger partial charge on any atom is 0.260 e. The number of terminal acetylenes is 1. The van der Waals surface area contributed by atoms with Gasteiger partial charge in [0.15, 0.2) is 5.16 Å². The van der Waals surface area contributed by atoms with Crippen LogP contribution in [0.25, 0.3) is 21.3 Å². The van der Waals surface area contributed by atoms with Crippen molar-refractivity contribution in [1.82, 2.24) is 9.97 Å². The normalized spacial score (nSPS) is 10.8. The molecule has 6 heteroatoms. The molecule has 1 N–H and O–H groups in total. The average molecular weight is 356 g/mol. The molecule has 1 aromatic carbocycles. The summed E-state index contributed by atoms with van der Waals surface area (Å²) in [5.74, 6) is 3.84. The Morgan fingerprint density at radius 3 is 2.88 bits per heavy atom. The molecule has 2 heterocycles. The van der Waals surface area contributed by atoms with E-state index in [4.69, 9.17) is 11.2 Å². The van der Waals surface area contributed by atoms with Gasteiger partial charge in [-0.3, -0.25) is 4.79 Å². The zero-order valence-electron chi connectivity index (χ0n) is 13.6. The van der Waals surface area contributed by atoms with Gasteiger partial charge in [-0.05, 0) is 37.1 Å². The van der Waals surface area contributed by atoms with E-state index in [1.807, 2.05) is 32.0 Å². The van der Waals surface area contributed by atoms with Gasteiger partial charge >= 0.3 is 0 Å². The molecule has 0 saturated heterocycles. The number of methoxy groups -OCH3 is 1. The number of hydrogen-bond acceptors (Lipinski definition) is 5. The van der Waals surface area contributed by atoms with Crippen molar-refractivity contribution < 1.29 is 4.74 Å². The van der Waals surface area contributed by atoms with E-state index in [2.05, 4.69) is 15.9 Å². The van der Waals surface area contributed by atoms with Crippen LogP contribution in [0.15, 0.2) is 28.2 Å². The van der Waals surface area contributed by atoms with Crippen LogP contribution in [0, 0.1) is 26.2 Å². The number of rotatable bonds is 4. The lowest BCUT2D eigenvalue weighted by Gasteiger charge is -2.08. The SMILES string of the molecule is C#CCSc1nc2sc(C)c(-c3ccc(OC)c(C)c3)c2c(=O)[nH]1. The van der Waals surface area contributed by atoms with E-state index in [1.54, 1.807) is 7.11 Å². The summed E-state index contributed by atoms with van der Waals surface area (Å²) in [5, 5.41) is 1.19. The molecular formula is C18H16N2O2S2. The fourth-order valence-corrected chi connectivity index (χ4v) is 4.30. The second-order valence-electron chi connectivity index (χ2n) is 5.26. The Hall–Kier alpha value is -2.23. The van der Waals surface area contributed by atoms with Crippen molar-refractivity contribution >= 4 is 33.3 Å². The number of hydrogen-bond donors (Lipinski definition) is 1. The van der Waals surface area contributed by atoms with Gasteiger partial charge in [-0.2, -0.15) is 0 Å². The molecule has 0 aliphatic heterocycles. The fourth-order valence-electron chi connectivity index (χ4n) is 2.66. The van der Waals surface area contributed by atoms with E-state index in [0.717, 1.165) is 32.1 Å². The largest absolute Gasteiger partial charge is 0.496 e. The summed E-state index contributed by atoms with van der Waals surface area (Å²) in [6.07, 6.45) is 5.27. The lowest BCUT2D eigenvalue weighted by molar-refractivity contribution is 0.412. The minimum Gasteiger partial charge on any atom is -0.496 e. The van der Waals surface area contributed by atoms with Gasteiger partial charge in [0, 0.05) is 10.4 Å². The number of ether oxygens (including phenoxy) is 1. The summed E-state index contributed by atoms with van der Waals surface area (Å²) in [6.45, 7) is 4.00. The highest BCUT2D eigenvalue weighted by Gasteiger charge is 2.17. The first-order chi connectivity index (χ1) is 11.5. The number of nitrogens with zero attached hydrogens (tertiary/aromatic N) is 1. The lowest BCUT2D eigenvalue weighted by Crippen LogP contribution is -2.08. The van der Waals surface area contributed by atoms with Gasteiger partial charge in [0.05, 0.1) is 18.2 Å². The highest BCUT2D eigenvalue weighted by atomic mass is 32.2. The Labute approximate surface area is 148 Å². The molecule has 0 spiro atoms. The smallest absolute Gasteiger partial charge is 0.260 e. The molecular weight excluding hydrogens is 340 g/mol. The summed E-state index contributed by atoms with van der Waals surface area (Å²) >= 11 is 2.88. The first-order valence-corrected chi connectivity index (χ1v) is 9.10. The molecule has 0 saturated carbocycles. The van der Waals surface area contributed by atoms with Crippen molar-refractivity contribution in [2.24, 2.45) is 0 Å². The number of thiophene rings is 1. The van der Waals surface area contributed by atoms with Crippen LogP contribution in [0.3, 0.4) is 0 Å². The maximum atomic E-state index is 12.6. The predicted molar refractivity (Wildman–Crippen MR) is 101 cm³/mol. The van der Waals surface area contributed by atoms with Crippen LogP contribution in [0.2, 0.25) is 0 Å². The molecule has 2 aromatic heterocycles. The Morgan fingerprint density at radius 1 is 1.42 bits per heavy atom. The van der Waals surface area contributed by atoms with Crippen LogP contribution < -0.4 is 10.3 Å². The maximum absolute atomic E-state index is 12.6. The van der Waals surface area contributed by atoms with Gasteiger partial charge in [-0.15, -0.1) is 17.8 Å². The second-order valence-corrected chi connectivity index (χ2v) is 7.43. The van der Waals surface area contributed by atoms with Gasteiger partial charge < -0.3 is 9.72 Å². The molecule has 0 aliphatic rings. The number of aryl methyl sites for hydroxylation is 2. The minimum atomic E-state index is -0.132. The molecule has 4 nitrogen and oxygen atoms in total. The quantitative estimate of drug-likeness (QED) is 0.436. The zero-order valence-corrected chi connectivity index (χ0v) is 15.2. The molecule has 0 amide bonds. The standard InChI is InChI=1S/C18H16N2O2S2/c1-5-8-23-18-19-16(21)15-14(11(3)24-17(15)20-18)12-6-7-13(22-4)10(2)9-12/h1,6-7,9H,8H2,2-4H3,(H,19,20,21). The highest BCUT2D eigenvalue weighted by Crippen LogP contribution is 2.37. The molecule has 3 aromatic rings. The number of thioether (sulfide) groups is 1. The van der Waals surface area contributed by atoms with Crippen molar-refractivity contribution in [3.63, 3.8) is 0 Å². The van der Waals surface area contributed by atoms with Crippen molar-refractivity contribution in [1.29, 1.82) is 0 Å². The summed E-state index contributed by atoms with van der Waals surface area (Å²) in [4.78, 5) is 21.8. The number of aromatic amines is 1. The number of fused-ring (bicyclic) bond motifs is 1. The van der Waals surface area contributed by atoms with Crippen LogP contribution in [0.5, 0.6) is 5.75 Å². The van der Waals surface area contributed by atoms with Crippen molar-refractivity contribution in [2.45, 2.75) is 19.0 Å². The first kappa shape index (κ1) is 16.6. The molecule has 0 aliphatic carbocycles. The van der Waals surface area contributed by atoms with Crippen molar-refractivity contribution in [2.75, 3.05) is 12.9 Å². The van der Waals surface area contributed by atoms with E-state index >= 15 is 0 Å². The van der Waals surface area contributed by atoms with E-state index in [1.165, 1.54) is 23.1 Å². The molecule has 0 atom stereocenters. The molecule has 122 valence electrons. The third-order valence-electron chi connectivity index (χ3n) is 3.69. The fraction of sp³-hybridized carbons (Fsp3) is 0.222. The van der Waals surface area contributed by atoms with E-state index in [9.17, 15) is 4.79 Å². The topological polar surface area (TPSA) is 55.0 Å². The Bertz CT molecular complexity index is 1010. The van der Waals surface area contributed by atoms with Gasteiger partial charge in [-0.1, -0.05) is 23.7 Å². The lowest BCUT2D eigenvalue weighted by atomic mass is 10.0. The number of H-pyrrole nitrogens is 1. The molecule has 0 radical (unpaired) electrons. The molecule has 0 bridgehead atoms. The highest BCUT2D eigenvalue weighted by molar-refractivity contribution is 7.99. The number of benzene rings is 1. The molecule has 24 heavy (non-hydrogen) atoms. The van der Waals surface area contributed by atoms with E-state index in [0.29, 0.717) is 16.3 Å². The Balaban J connectivity index is 2.19. The van der Waals surface area contributed by atoms with Gasteiger partial charge in [-0.25, -0.2) is 4.98 Å². The summed E-state index contributed by atoms with van der Waals surface area (Å²) in [6, 6.07) is 5.93. The first-order valence-electron chi connectivity index (χ1n) is 7.30. The summed E-state index contributed by atoms with van der Waals surface area (Å²) in [5.41, 5.74) is 2.82. The van der Waals surface area contributed by atoms with Crippen LogP contribution in [0.4, 0.5) is 0 Å². The Morgan fingerprint density at radius 2 is 2.21 bits per heavy atom. The van der Waals surface area contributed by atoms with Crippen LogP contribution >= 0.6 is 23.1 Å². The summed E-state index contributed by atoms with van der Waals surface area (Å²) < 4.78 is 5.32. The third kappa shape index (κ3) is 2.93. The summed E-state index contributed by atoms with van der Waals surface area (Å²) in [7, 11) is 1.65. The van der Waals surface area contributed by atoms with Gasteiger partial charge in [0.2, 0.25) is 0 Å². The minimum absolute atomic E-state index is 0.132. The molecule has 0 unspecified atom stereocenters. The van der Waals surface area contributed by atoms with Gasteiger partial charge in [0.25, 0.3) is 5.56 Å². The number of aromatic nitrogens is 2. The predicted octanol–water partition coefficient (Wildman–Crippen LogP) is 4.00. The molecule has 0 fully saturated rings. The second kappa shape index (κ2) is 6.71. The van der Waals surface area contributed by atoms with Crippen LogP contribution in [-0.4, -0.2) is 22.8 Å². The third-order valence-corrected chi connectivity index (χ3v) is 5.47. The van der Waals surface area contributed by atoms with Crippen molar-refractivity contribution in [3.05, 3.63) is 39.0 Å². The molecule has 3 rings (SSSR count). The van der Waals surface area contributed by atoms with E-state index < -0.39 is 0 Å². The van der Waals surface area contributed by atoms with Crippen LogP contribution in [-0.2, 0) is 0 Å².